The summed E-state index contributed by atoms with van der Waals surface area (Å²) < 4.78 is 11.2. The summed E-state index contributed by atoms with van der Waals surface area (Å²) >= 11 is 5.49. The third kappa shape index (κ3) is 4.87. The maximum Gasteiger partial charge on any atom is 0.166 e. The zero-order valence-electron chi connectivity index (χ0n) is 18.6. The Balaban J connectivity index is 1.99. The Morgan fingerprint density at radius 3 is 2.57 bits per heavy atom. The van der Waals surface area contributed by atoms with Crippen molar-refractivity contribution in [3.63, 3.8) is 0 Å². The number of rotatable bonds is 7. The number of ether oxygens (including phenoxy) is 2. The monoisotopic (exact) mass is 427 g/mol. The van der Waals surface area contributed by atoms with Crippen LogP contribution in [0.4, 0.5) is 0 Å². The van der Waals surface area contributed by atoms with Crippen molar-refractivity contribution < 1.29 is 9.47 Å². The van der Waals surface area contributed by atoms with E-state index in [2.05, 4.69) is 72.7 Å². The molecular weight excluding hydrogens is 394 g/mol. The van der Waals surface area contributed by atoms with E-state index in [-0.39, 0.29) is 12.1 Å². The molecule has 5 nitrogen and oxygen atoms in total. The van der Waals surface area contributed by atoms with E-state index in [4.69, 9.17) is 21.7 Å². The summed E-state index contributed by atoms with van der Waals surface area (Å²) in [5.74, 6) is 1.55. The lowest BCUT2D eigenvalue weighted by Gasteiger charge is -2.41. The lowest BCUT2D eigenvalue weighted by Crippen LogP contribution is -2.49. The summed E-state index contributed by atoms with van der Waals surface area (Å²) in [5, 5.41) is 7.39. The van der Waals surface area contributed by atoms with Crippen LogP contribution in [0.25, 0.3) is 0 Å². The second kappa shape index (κ2) is 10.1. The molecule has 2 atom stereocenters. The molecule has 1 heterocycles. The number of fused-ring (bicyclic) bond motifs is 1. The minimum absolute atomic E-state index is 0.123. The Morgan fingerprint density at radius 2 is 1.90 bits per heavy atom. The first kappa shape index (κ1) is 22.4. The molecule has 1 aliphatic rings. The zero-order chi connectivity index (χ0) is 21.7. The second-order valence-corrected chi connectivity index (χ2v) is 8.20. The van der Waals surface area contributed by atoms with E-state index in [1.165, 1.54) is 22.3 Å². The molecule has 0 saturated carbocycles. The number of benzene rings is 2. The Morgan fingerprint density at radius 1 is 1.20 bits per heavy atom. The van der Waals surface area contributed by atoms with Crippen LogP contribution in [0, 0.1) is 6.92 Å². The quantitative estimate of drug-likeness (QED) is 0.652. The van der Waals surface area contributed by atoms with Gasteiger partial charge in [-0.15, -0.1) is 0 Å². The van der Waals surface area contributed by atoms with E-state index in [0.29, 0.717) is 5.11 Å². The van der Waals surface area contributed by atoms with E-state index in [9.17, 15) is 0 Å². The first-order valence-corrected chi connectivity index (χ1v) is 11.0. The molecule has 1 aliphatic heterocycles. The van der Waals surface area contributed by atoms with Crippen molar-refractivity contribution in [1.82, 2.24) is 15.5 Å². The van der Waals surface area contributed by atoms with Crippen molar-refractivity contribution in [2.45, 2.75) is 45.8 Å². The number of aryl methyl sites for hydroxylation is 1. The zero-order valence-corrected chi connectivity index (χ0v) is 19.4. The van der Waals surface area contributed by atoms with E-state index >= 15 is 0 Å². The van der Waals surface area contributed by atoms with Gasteiger partial charge in [0.1, 0.15) is 0 Å². The summed E-state index contributed by atoms with van der Waals surface area (Å²) in [5.41, 5.74) is 5.25. The fourth-order valence-corrected chi connectivity index (χ4v) is 4.63. The third-order valence-electron chi connectivity index (χ3n) is 5.83. The molecule has 0 spiro atoms. The Labute approximate surface area is 185 Å². The molecule has 0 saturated heterocycles. The molecule has 162 valence electrons. The van der Waals surface area contributed by atoms with Gasteiger partial charge in [0.05, 0.1) is 20.3 Å². The van der Waals surface area contributed by atoms with Crippen LogP contribution in [0.1, 0.15) is 42.1 Å². The van der Waals surface area contributed by atoms with Crippen LogP contribution >= 0.6 is 12.2 Å². The fourth-order valence-electron chi connectivity index (χ4n) is 4.30. The SMILES string of the molecule is CCNC(=S)N[C@H](C)[C@@H]1c2cc(OC)c(OC)cc2CCN1Cc1ccccc1C. The number of hydrogen-bond acceptors (Lipinski definition) is 4. The van der Waals surface area contributed by atoms with Crippen LogP contribution in [0.2, 0.25) is 0 Å². The molecule has 0 unspecified atom stereocenters. The van der Waals surface area contributed by atoms with Gasteiger partial charge in [-0.05, 0) is 73.8 Å². The Bertz CT molecular complexity index is 887. The molecule has 0 aromatic heterocycles. The van der Waals surface area contributed by atoms with Crippen molar-refractivity contribution in [2.24, 2.45) is 0 Å². The van der Waals surface area contributed by atoms with Gasteiger partial charge in [-0.3, -0.25) is 4.90 Å². The van der Waals surface area contributed by atoms with Gasteiger partial charge in [0.15, 0.2) is 16.6 Å². The third-order valence-corrected chi connectivity index (χ3v) is 6.09. The van der Waals surface area contributed by atoms with Crippen LogP contribution in [-0.4, -0.2) is 43.4 Å². The average Bonchev–Trinajstić information content (AvgIpc) is 2.74. The lowest BCUT2D eigenvalue weighted by molar-refractivity contribution is 0.149. The fraction of sp³-hybridized carbons (Fsp3) is 0.458. The van der Waals surface area contributed by atoms with Crippen molar-refractivity contribution in [1.29, 1.82) is 0 Å². The second-order valence-electron chi connectivity index (χ2n) is 7.79. The lowest BCUT2D eigenvalue weighted by atomic mass is 9.87. The van der Waals surface area contributed by atoms with E-state index in [1.54, 1.807) is 14.2 Å². The average molecular weight is 428 g/mol. The minimum atomic E-state index is 0.123. The van der Waals surface area contributed by atoms with Crippen molar-refractivity contribution in [3.05, 3.63) is 58.7 Å². The first-order valence-electron chi connectivity index (χ1n) is 10.6. The van der Waals surface area contributed by atoms with Crippen molar-refractivity contribution in [2.75, 3.05) is 27.3 Å². The number of thiocarbonyl (C=S) groups is 1. The molecule has 0 fully saturated rings. The molecule has 0 radical (unpaired) electrons. The topological polar surface area (TPSA) is 45.8 Å². The van der Waals surface area contributed by atoms with Crippen LogP contribution in [0.3, 0.4) is 0 Å². The molecular formula is C24H33N3O2S. The van der Waals surface area contributed by atoms with Crippen molar-refractivity contribution in [3.8, 4) is 11.5 Å². The van der Waals surface area contributed by atoms with E-state index in [0.717, 1.165) is 37.6 Å². The summed E-state index contributed by atoms with van der Waals surface area (Å²) in [6, 6.07) is 13.2. The van der Waals surface area contributed by atoms with Crippen molar-refractivity contribution >= 4 is 17.3 Å². The molecule has 6 heteroatoms. The molecule has 0 bridgehead atoms. The Hall–Kier alpha value is -2.31. The van der Waals surface area contributed by atoms with Crippen LogP contribution < -0.4 is 20.1 Å². The van der Waals surface area contributed by atoms with Gasteiger partial charge in [0.2, 0.25) is 0 Å². The molecule has 0 aliphatic carbocycles. The van der Waals surface area contributed by atoms with Gasteiger partial charge >= 0.3 is 0 Å². The number of hydrogen-bond donors (Lipinski definition) is 2. The van der Waals surface area contributed by atoms with Crippen LogP contribution in [-0.2, 0) is 13.0 Å². The van der Waals surface area contributed by atoms with Crippen LogP contribution in [0.15, 0.2) is 36.4 Å². The molecule has 0 amide bonds. The number of nitrogens with zero attached hydrogens (tertiary/aromatic N) is 1. The highest BCUT2D eigenvalue weighted by Crippen LogP contribution is 2.40. The molecule has 2 aromatic rings. The van der Waals surface area contributed by atoms with Crippen LogP contribution in [0.5, 0.6) is 11.5 Å². The smallest absolute Gasteiger partial charge is 0.166 e. The molecule has 2 aromatic carbocycles. The van der Waals surface area contributed by atoms with Gasteiger partial charge in [0, 0.05) is 25.7 Å². The van der Waals surface area contributed by atoms with Gasteiger partial charge in [-0.2, -0.15) is 0 Å². The van der Waals surface area contributed by atoms with E-state index in [1.807, 2.05) is 0 Å². The van der Waals surface area contributed by atoms with Gasteiger partial charge in [-0.25, -0.2) is 0 Å². The highest BCUT2D eigenvalue weighted by atomic mass is 32.1. The maximum atomic E-state index is 5.62. The highest BCUT2D eigenvalue weighted by molar-refractivity contribution is 7.80. The highest BCUT2D eigenvalue weighted by Gasteiger charge is 2.33. The first-order chi connectivity index (χ1) is 14.5. The van der Waals surface area contributed by atoms with Gasteiger partial charge < -0.3 is 20.1 Å². The van der Waals surface area contributed by atoms with Gasteiger partial charge in [-0.1, -0.05) is 24.3 Å². The molecule has 2 N–H and O–H groups in total. The maximum absolute atomic E-state index is 5.62. The van der Waals surface area contributed by atoms with Gasteiger partial charge in [0.25, 0.3) is 0 Å². The summed E-state index contributed by atoms with van der Waals surface area (Å²) in [6.07, 6.45) is 0.975. The number of nitrogens with one attached hydrogen (secondary N) is 2. The molecule has 3 rings (SSSR count). The molecule has 30 heavy (non-hydrogen) atoms. The van der Waals surface area contributed by atoms with E-state index < -0.39 is 0 Å². The number of methoxy groups -OCH3 is 2. The minimum Gasteiger partial charge on any atom is -0.493 e. The summed E-state index contributed by atoms with van der Waals surface area (Å²) in [4.78, 5) is 2.54. The largest absolute Gasteiger partial charge is 0.493 e. The Kier molecular flexibility index (Phi) is 7.56. The normalized spacial score (nSPS) is 17.0. The summed E-state index contributed by atoms with van der Waals surface area (Å²) in [6.45, 7) is 9.10. The predicted octanol–water partition coefficient (Wildman–Crippen LogP) is 3.98. The summed E-state index contributed by atoms with van der Waals surface area (Å²) in [7, 11) is 3.38. The predicted molar refractivity (Wildman–Crippen MR) is 126 cm³/mol. The standard InChI is InChI=1S/C24H33N3O2S/c1-6-25-24(30)26-17(3)23-20-14-22(29-5)21(28-4)13-18(20)11-12-27(23)15-19-10-8-7-9-16(19)2/h7-10,13-14,17,23H,6,11-12,15H2,1-5H3,(H2,25,26,30)/t17-,23-/m1/s1.